The minimum atomic E-state index is -4.11. The summed E-state index contributed by atoms with van der Waals surface area (Å²) >= 11 is 5.41. The number of nitrogens with one attached hydrogen (secondary N) is 1. The van der Waals surface area contributed by atoms with Crippen LogP contribution in [0.15, 0.2) is 23.6 Å². The van der Waals surface area contributed by atoms with Gasteiger partial charge in [-0.05, 0) is 18.2 Å². The third kappa shape index (κ3) is 4.84. The van der Waals surface area contributed by atoms with E-state index >= 15 is 4.39 Å². The SMILES string of the molecule is Nc1nc2c(ncn2[C@@H]2O[C@H](CCO)[C@@H](F)[C@H]2P(O)(=S)OC[C@H]2O[C@@H](n3cc(F)c4c(N)ncnc43)C[C@@H]2O)c(=O)[nH]1. The Balaban J connectivity index is 1.24. The number of imidazole rings is 1. The van der Waals surface area contributed by atoms with Crippen LogP contribution in [-0.2, 0) is 25.8 Å². The molecule has 6 heterocycles. The first-order valence-electron chi connectivity index (χ1n) is 12.7. The molecule has 226 valence electrons. The van der Waals surface area contributed by atoms with Gasteiger partial charge >= 0.3 is 0 Å². The van der Waals surface area contributed by atoms with Crippen molar-refractivity contribution in [3.63, 3.8) is 0 Å². The lowest BCUT2D eigenvalue weighted by molar-refractivity contribution is -0.0390. The number of rotatable bonds is 8. The van der Waals surface area contributed by atoms with Gasteiger partial charge in [-0.15, -0.1) is 0 Å². The van der Waals surface area contributed by atoms with Crippen molar-refractivity contribution in [2.75, 3.05) is 24.7 Å². The maximum atomic E-state index is 15.8. The molecule has 0 aliphatic carbocycles. The fourth-order valence-corrected chi connectivity index (χ4v) is 7.82. The predicted octanol–water partition coefficient (Wildman–Crippen LogP) is -0.179. The molecule has 4 aromatic rings. The summed E-state index contributed by atoms with van der Waals surface area (Å²) in [6, 6.07) is 0. The molecular weight excluding hydrogens is 603 g/mol. The van der Waals surface area contributed by atoms with Crippen LogP contribution in [0, 0.1) is 5.82 Å². The highest BCUT2D eigenvalue weighted by atomic mass is 32.5. The Morgan fingerprint density at radius 1 is 1.21 bits per heavy atom. The molecule has 6 rings (SSSR count). The fourth-order valence-electron chi connectivity index (χ4n) is 5.35. The zero-order chi connectivity index (χ0) is 29.9. The van der Waals surface area contributed by atoms with Gasteiger partial charge in [0.1, 0.15) is 36.3 Å². The van der Waals surface area contributed by atoms with E-state index in [9.17, 15) is 24.3 Å². The van der Waals surface area contributed by atoms with Crippen LogP contribution < -0.4 is 17.0 Å². The Kier molecular flexibility index (Phi) is 7.47. The van der Waals surface area contributed by atoms with E-state index in [2.05, 4.69) is 24.9 Å². The summed E-state index contributed by atoms with van der Waals surface area (Å²) in [5.41, 5.74) is 9.35. The van der Waals surface area contributed by atoms with Gasteiger partial charge in [-0.1, -0.05) is 0 Å². The Morgan fingerprint density at radius 3 is 2.76 bits per heavy atom. The molecule has 0 spiro atoms. The standard InChI is InChI=1S/C22H26F2N9O7PS/c23-8-4-32(18-13(8)17(25)27-6-28-18)12-3-9(35)11(39-12)5-38-41(37,42)16-14(24)10(1-2-34)40-21(16)33-7-29-15-19(33)30-22(26)31-20(15)36/h4,6-7,9-12,14,16,21,34-35H,1-3,5H2,(H,37,42)(H2,25,27,28)(H3,26,30,31,36)/t9-,10+,11+,12+,14+,16+,21+,41?/m0/s1. The number of aromatic nitrogens is 7. The monoisotopic (exact) mass is 629 g/mol. The third-order valence-corrected chi connectivity index (χ3v) is 10.2. The quantitative estimate of drug-likeness (QED) is 0.139. The maximum absolute atomic E-state index is 15.8. The number of nitrogens with zero attached hydrogens (tertiary/aromatic N) is 6. The second-order valence-corrected chi connectivity index (χ2v) is 13.5. The average molecular weight is 630 g/mol. The molecule has 4 aromatic heterocycles. The molecule has 0 aromatic carbocycles. The zero-order valence-electron chi connectivity index (χ0n) is 21.5. The molecule has 1 unspecified atom stereocenters. The van der Waals surface area contributed by atoms with Crippen molar-refractivity contribution in [2.45, 2.75) is 55.4 Å². The second-order valence-electron chi connectivity index (χ2n) is 9.92. The number of anilines is 2. The van der Waals surface area contributed by atoms with Gasteiger partial charge in [0, 0.05) is 19.2 Å². The Morgan fingerprint density at radius 2 is 2.00 bits per heavy atom. The molecule has 0 amide bonds. The molecule has 0 saturated carbocycles. The number of fused-ring (bicyclic) bond motifs is 2. The number of aliphatic hydroxyl groups is 2. The van der Waals surface area contributed by atoms with Crippen molar-refractivity contribution < 1.29 is 37.9 Å². The minimum absolute atomic E-state index is 0.00473. The molecule has 2 aliphatic heterocycles. The number of aromatic amines is 1. The number of hydrogen-bond acceptors (Lipinski definition) is 13. The van der Waals surface area contributed by atoms with E-state index in [1.165, 1.54) is 21.8 Å². The highest BCUT2D eigenvalue weighted by molar-refractivity contribution is 8.09. The van der Waals surface area contributed by atoms with Gasteiger partial charge in [0.25, 0.3) is 5.56 Å². The highest BCUT2D eigenvalue weighted by Crippen LogP contribution is 2.59. The van der Waals surface area contributed by atoms with Crippen LogP contribution >= 0.6 is 6.49 Å². The lowest BCUT2D eigenvalue weighted by atomic mass is 10.1. The van der Waals surface area contributed by atoms with Crippen LogP contribution in [0.2, 0.25) is 0 Å². The van der Waals surface area contributed by atoms with E-state index in [0.717, 1.165) is 6.20 Å². The van der Waals surface area contributed by atoms with E-state index in [4.69, 9.17) is 37.3 Å². The van der Waals surface area contributed by atoms with Crippen molar-refractivity contribution in [1.29, 1.82) is 0 Å². The lowest BCUT2D eigenvalue weighted by Crippen LogP contribution is -2.32. The van der Waals surface area contributed by atoms with Gasteiger partial charge in [0.05, 0.1) is 30.5 Å². The summed E-state index contributed by atoms with van der Waals surface area (Å²) in [6.45, 7) is -4.96. The van der Waals surface area contributed by atoms with E-state index in [1.807, 2.05) is 0 Å². The molecule has 2 saturated heterocycles. The topological polar surface area (TPSA) is 235 Å². The average Bonchev–Trinajstić information content (AvgIpc) is 3.68. The van der Waals surface area contributed by atoms with Gasteiger partial charge in [-0.3, -0.25) is 14.3 Å². The van der Waals surface area contributed by atoms with Crippen molar-refractivity contribution in [2.24, 2.45) is 0 Å². The van der Waals surface area contributed by atoms with Crippen molar-refractivity contribution in [3.05, 3.63) is 35.0 Å². The Hall–Kier alpha value is -3.16. The van der Waals surface area contributed by atoms with Crippen molar-refractivity contribution in [1.82, 2.24) is 34.1 Å². The van der Waals surface area contributed by atoms with Crippen LogP contribution in [0.25, 0.3) is 22.2 Å². The highest BCUT2D eigenvalue weighted by Gasteiger charge is 2.54. The van der Waals surface area contributed by atoms with Gasteiger partial charge in [0.15, 0.2) is 35.3 Å². The number of ether oxygens (including phenoxy) is 2. The van der Waals surface area contributed by atoms with Crippen LogP contribution in [0.4, 0.5) is 20.5 Å². The molecule has 42 heavy (non-hydrogen) atoms. The normalized spacial score (nSPS) is 29.5. The number of aliphatic hydroxyl groups excluding tert-OH is 2. The summed E-state index contributed by atoms with van der Waals surface area (Å²) in [4.78, 5) is 41.9. The number of nitrogen functional groups attached to an aromatic ring is 2. The van der Waals surface area contributed by atoms with Crippen LogP contribution in [-0.4, -0.2) is 92.5 Å². The van der Waals surface area contributed by atoms with Crippen molar-refractivity contribution >= 4 is 52.3 Å². The van der Waals surface area contributed by atoms with Gasteiger partial charge < -0.3 is 45.1 Å². The molecular formula is C22H26F2N9O7PS. The molecule has 16 nitrogen and oxygen atoms in total. The van der Waals surface area contributed by atoms with Gasteiger partial charge in [-0.25, -0.2) is 23.7 Å². The first-order chi connectivity index (χ1) is 20.0. The van der Waals surface area contributed by atoms with Crippen LogP contribution in [0.3, 0.4) is 0 Å². The number of halogens is 2. The molecule has 8 N–H and O–H groups in total. The van der Waals surface area contributed by atoms with Gasteiger partial charge in [0.2, 0.25) is 5.95 Å². The van der Waals surface area contributed by atoms with Gasteiger partial charge in [-0.2, -0.15) is 4.98 Å². The number of alkyl halides is 1. The molecule has 20 heteroatoms. The second kappa shape index (κ2) is 10.8. The molecule has 0 radical (unpaired) electrons. The molecule has 2 aliphatic rings. The first-order valence-corrected chi connectivity index (χ1v) is 15.4. The Bertz CT molecular complexity index is 1750. The van der Waals surface area contributed by atoms with E-state index in [0.29, 0.717) is 0 Å². The summed E-state index contributed by atoms with van der Waals surface area (Å²) in [5, 5.41) is 20.1. The van der Waals surface area contributed by atoms with E-state index < -0.39 is 73.7 Å². The fraction of sp³-hybridized carbons (Fsp3) is 0.500. The largest absolute Gasteiger partial charge is 0.396 e. The maximum Gasteiger partial charge on any atom is 0.280 e. The third-order valence-electron chi connectivity index (χ3n) is 7.33. The Labute approximate surface area is 239 Å². The lowest BCUT2D eigenvalue weighted by Gasteiger charge is -2.29. The minimum Gasteiger partial charge on any atom is -0.396 e. The first kappa shape index (κ1) is 28.9. The summed E-state index contributed by atoms with van der Waals surface area (Å²) in [7, 11) is 0. The number of nitrogens with two attached hydrogens (primary N) is 2. The van der Waals surface area contributed by atoms with E-state index in [-0.39, 0.29) is 46.8 Å². The zero-order valence-corrected chi connectivity index (χ0v) is 23.2. The molecule has 2 fully saturated rings. The predicted molar refractivity (Wildman–Crippen MR) is 146 cm³/mol. The summed E-state index contributed by atoms with van der Waals surface area (Å²) in [6.07, 6.45) is -4.06. The molecule has 0 bridgehead atoms. The van der Waals surface area contributed by atoms with Crippen molar-refractivity contribution in [3.8, 4) is 0 Å². The molecule has 8 atom stereocenters. The number of H-pyrrole nitrogens is 1. The van der Waals surface area contributed by atoms with Crippen LogP contribution in [0.5, 0.6) is 0 Å². The van der Waals surface area contributed by atoms with E-state index in [1.54, 1.807) is 0 Å². The summed E-state index contributed by atoms with van der Waals surface area (Å²) in [5.74, 6) is -0.952. The summed E-state index contributed by atoms with van der Waals surface area (Å²) < 4.78 is 50.3. The smallest absolute Gasteiger partial charge is 0.280 e. The number of hydrogen-bond donors (Lipinski definition) is 6. The van der Waals surface area contributed by atoms with Crippen LogP contribution in [0.1, 0.15) is 25.3 Å².